The second-order valence-electron chi connectivity index (χ2n) is 3.60. The minimum absolute atomic E-state index is 0.392. The van der Waals surface area contributed by atoms with Gasteiger partial charge >= 0.3 is 0 Å². The van der Waals surface area contributed by atoms with Gasteiger partial charge in [0.25, 0.3) is 0 Å². The normalized spacial score (nSPS) is 10.3. The van der Waals surface area contributed by atoms with Crippen LogP contribution in [0.4, 0.5) is 0 Å². The molecule has 0 aliphatic heterocycles. The maximum absolute atomic E-state index is 9.94. The van der Waals surface area contributed by atoms with Crippen LogP contribution < -0.4 is 4.74 Å². The molecule has 0 atom stereocenters. The van der Waals surface area contributed by atoms with Gasteiger partial charge in [-0.05, 0) is 37.5 Å². The van der Waals surface area contributed by atoms with Crippen LogP contribution in [0.15, 0.2) is 6.07 Å². The average Bonchev–Trinajstić information content (AvgIpc) is 2.19. The van der Waals surface area contributed by atoms with E-state index in [-0.39, 0.29) is 0 Å². The molecule has 2 heteroatoms. The number of phenols is 1. The lowest BCUT2D eigenvalue weighted by molar-refractivity contribution is 0.397. The van der Waals surface area contributed by atoms with Crippen molar-refractivity contribution < 1.29 is 9.84 Å². The van der Waals surface area contributed by atoms with Crippen molar-refractivity contribution in [1.29, 1.82) is 0 Å². The van der Waals surface area contributed by atoms with Crippen molar-refractivity contribution >= 4 is 0 Å². The highest BCUT2D eigenvalue weighted by Gasteiger charge is 2.12. The summed E-state index contributed by atoms with van der Waals surface area (Å²) in [4.78, 5) is 0. The molecule has 78 valence electrons. The van der Waals surface area contributed by atoms with Gasteiger partial charge in [0, 0.05) is 5.56 Å². The quantitative estimate of drug-likeness (QED) is 0.801. The molecule has 0 saturated heterocycles. The van der Waals surface area contributed by atoms with Crippen LogP contribution in [0.5, 0.6) is 11.5 Å². The Bertz CT molecular complexity index is 330. The molecular formula is C12H18O2. The van der Waals surface area contributed by atoms with Crippen LogP contribution in [0.2, 0.25) is 0 Å². The summed E-state index contributed by atoms with van der Waals surface area (Å²) in [7, 11) is 1.64. The number of benzene rings is 1. The fourth-order valence-corrected chi connectivity index (χ4v) is 1.60. The molecule has 0 saturated carbocycles. The molecular weight excluding hydrogens is 176 g/mol. The Hall–Kier alpha value is -1.18. The van der Waals surface area contributed by atoms with Gasteiger partial charge in [0.1, 0.15) is 11.5 Å². The fourth-order valence-electron chi connectivity index (χ4n) is 1.60. The first kappa shape index (κ1) is 10.9. The van der Waals surface area contributed by atoms with Crippen molar-refractivity contribution in [1.82, 2.24) is 0 Å². The van der Waals surface area contributed by atoms with Crippen LogP contribution in [0.1, 0.15) is 30.0 Å². The van der Waals surface area contributed by atoms with Gasteiger partial charge in [0.2, 0.25) is 0 Å². The van der Waals surface area contributed by atoms with Crippen molar-refractivity contribution in [2.75, 3.05) is 7.11 Å². The lowest BCUT2D eigenvalue weighted by atomic mass is 10.00. The predicted molar refractivity (Wildman–Crippen MR) is 58.1 cm³/mol. The molecule has 0 fully saturated rings. The Morgan fingerprint density at radius 2 is 2.00 bits per heavy atom. The summed E-state index contributed by atoms with van der Waals surface area (Å²) >= 11 is 0. The van der Waals surface area contributed by atoms with Crippen molar-refractivity contribution in [2.45, 2.75) is 33.6 Å². The van der Waals surface area contributed by atoms with E-state index in [9.17, 15) is 5.11 Å². The molecule has 1 aromatic carbocycles. The van der Waals surface area contributed by atoms with Gasteiger partial charge in [-0.25, -0.2) is 0 Å². The van der Waals surface area contributed by atoms with E-state index in [4.69, 9.17) is 4.74 Å². The maximum Gasteiger partial charge on any atom is 0.126 e. The molecule has 2 nitrogen and oxygen atoms in total. The van der Waals surface area contributed by atoms with E-state index < -0.39 is 0 Å². The molecule has 14 heavy (non-hydrogen) atoms. The minimum atomic E-state index is 0.392. The Kier molecular flexibility index (Phi) is 3.39. The summed E-state index contributed by atoms with van der Waals surface area (Å²) in [5.41, 5.74) is 2.95. The van der Waals surface area contributed by atoms with Crippen molar-refractivity contribution in [3.63, 3.8) is 0 Å². The molecule has 1 rings (SSSR count). The highest BCUT2D eigenvalue weighted by atomic mass is 16.5. The molecule has 0 aliphatic rings. The van der Waals surface area contributed by atoms with Gasteiger partial charge in [-0.15, -0.1) is 0 Å². The first-order valence-corrected chi connectivity index (χ1v) is 4.97. The largest absolute Gasteiger partial charge is 0.507 e. The number of hydrogen-bond donors (Lipinski definition) is 1. The first-order valence-electron chi connectivity index (χ1n) is 4.97. The standard InChI is InChI=1S/C12H18O2/c1-5-6-10-11(14-4)7-8(2)9(3)12(10)13/h7,13H,5-6H2,1-4H3. The van der Waals surface area contributed by atoms with Gasteiger partial charge < -0.3 is 9.84 Å². The second kappa shape index (κ2) is 4.36. The van der Waals surface area contributed by atoms with E-state index in [0.717, 1.165) is 35.3 Å². The third-order valence-corrected chi connectivity index (χ3v) is 2.60. The van der Waals surface area contributed by atoms with Gasteiger partial charge in [-0.2, -0.15) is 0 Å². The number of aryl methyl sites for hydroxylation is 1. The third-order valence-electron chi connectivity index (χ3n) is 2.60. The molecule has 0 aliphatic carbocycles. The van der Waals surface area contributed by atoms with Crippen LogP contribution in [-0.4, -0.2) is 12.2 Å². The van der Waals surface area contributed by atoms with Crippen LogP contribution in [0.3, 0.4) is 0 Å². The van der Waals surface area contributed by atoms with E-state index >= 15 is 0 Å². The van der Waals surface area contributed by atoms with E-state index in [1.165, 1.54) is 0 Å². The summed E-state index contributed by atoms with van der Waals surface area (Å²) in [6, 6.07) is 1.99. The summed E-state index contributed by atoms with van der Waals surface area (Å²) in [5.74, 6) is 1.19. The zero-order chi connectivity index (χ0) is 10.7. The zero-order valence-corrected chi connectivity index (χ0v) is 9.35. The van der Waals surface area contributed by atoms with Gasteiger partial charge in [0.15, 0.2) is 0 Å². The number of aromatic hydroxyl groups is 1. The molecule has 0 radical (unpaired) electrons. The summed E-state index contributed by atoms with van der Waals surface area (Å²) in [6.07, 6.45) is 1.86. The lowest BCUT2D eigenvalue weighted by Gasteiger charge is -2.13. The molecule has 1 aromatic rings. The molecule has 0 amide bonds. The fraction of sp³-hybridized carbons (Fsp3) is 0.500. The number of phenolic OH excluding ortho intramolecular Hbond substituents is 1. The van der Waals surface area contributed by atoms with E-state index in [1.807, 2.05) is 19.9 Å². The third kappa shape index (κ3) is 1.84. The molecule has 0 bridgehead atoms. The van der Waals surface area contributed by atoms with Gasteiger partial charge in [-0.3, -0.25) is 0 Å². The maximum atomic E-state index is 9.94. The monoisotopic (exact) mass is 194 g/mol. The van der Waals surface area contributed by atoms with Crippen LogP contribution in [0, 0.1) is 13.8 Å². The van der Waals surface area contributed by atoms with E-state index in [1.54, 1.807) is 7.11 Å². The van der Waals surface area contributed by atoms with Crippen molar-refractivity contribution in [3.8, 4) is 11.5 Å². The van der Waals surface area contributed by atoms with Gasteiger partial charge in [0.05, 0.1) is 7.11 Å². The number of hydrogen-bond acceptors (Lipinski definition) is 2. The molecule has 0 aromatic heterocycles. The summed E-state index contributed by atoms with van der Waals surface area (Å²) in [6.45, 7) is 6.00. The van der Waals surface area contributed by atoms with Gasteiger partial charge in [-0.1, -0.05) is 13.3 Å². The average molecular weight is 194 g/mol. The highest BCUT2D eigenvalue weighted by molar-refractivity contribution is 5.52. The van der Waals surface area contributed by atoms with Crippen molar-refractivity contribution in [3.05, 3.63) is 22.8 Å². The number of methoxy groups -OCH3 is 1. The smallest absolute Gasteiger partial charge is 0.126 e. The molecule has 0 heterocycles. The number of ether oxygens (including phenoxy) is 1. The summed E-state index contributed by atoms with van der Waals surface area (Å²) < 4.78 is 5.25. The van der Waals surface area contributed by atoms with Crippen LogP contribution in [-0.2, 0) is 6.42 Å². The minimum Gasteiger partial charge on any atom is -0.507 e. The molecule has 1 N–H and O–H groups in total. The number of rotatable bonds is 3. The SMILES string of the molecule is CCCc1c(OC)cc(C)c(C)c1O. The first-order chi connectivity index (χ1) is 6.61. The van der Waals surface area contributed by atoms with Crippen LogP contribution >= 0.6 is 0 Å². The summed E-state index contributed by atoms with van der Waals surface area (Å²) in [5, 5.41) is 9.94. The Morgan fingerprint density at radius 3 is 2.50 bits per heavy atom. The lowest BCUT2D eigenvalue weighted by Crippen LogP contribution is -1.96. The van der Waals surface area contributed by atoms with E-state index in [0.29, 0.717) is 5.75 Å². The predicted octanol–water partition coefficient (Wildman–Crippen LogP) is 2.97. The Labute approximate surface area is 85.5 Å². The van der Waals surface area contributed by atoms with Crippen molar-refractivity contribution in [2.24, 2.45) is 0 Å². The van der Waals surface area contributed by atoms with E-state index in [2.05, 4.69) is 6.92 Å². The second-order valence-corrected chi connectivity index (χ2v) is 3.60. The zero-order valence-electron chi connectivity index (χ0n) is 9.35. The Morgan fingerprint density at radius 1 is 1.36 bits per heavy atom. The molecule has 0 spiro atoms. The highest BCUT2D eigenvalue weighted by Crippen LogP contribution is 2.34. The topological polar surface area (TPSA) is 29.5 Å². The van der Waals surface area contributed by atoms with Crippen LogP contribution in [0.25, 0.3) is 0 Å². The Balaban J connectivity index is 3.29. The molecule has 0 unspecified atom stereocenters.